The van der Waals surface area contributed by atoms with Crippen molar-refractivity contribution in [2.75, 3.05) is 10.6 Å². The number of hydrogen-bond acceptors (Lipinski definition) is 6. The van der Waals surface area contributed by atoms with Crippen molar-refractivity contribution in [3.63, 3.8) is 0 Å². The molecule has 2 aromatic heterocycles. The SMILES string of the molecule is N#CC(Cn1cc(-c2ccnc(Nc3ccc(NC(=O)O)cc3)n2)cn1)C1CCCC1. The molecule has 31 heavy (non-hydrogen) atoms. The van der Waals surface area contributed by atoms with Crippen LogP contribution in [0.3, 0.4) is 0 Å². The summed E-state index contributed by atoms with van der Waals surface area (Å²) in [5, 5.41) is 28.1. The smallest absolute Gasteiger partial charge is 0.409 e. The first-order valence-corrected chi connectivity index (χ1v) is 10.2. The minimum Gasteiger partial charge on any atom is -0.465 e. The van der Waals surface area contributed by atoms with Gasteiger partial charge in [-0.1, -0.05) is 12.8 Å². The van der Waals surface area contributed by atoms with Crippen LogP contribution in [-0.4, -0.2) is 30.9 Å². The van der Waals surface area contributed by atoms with Crippen molar-refractivity contribution in [3.05, 3.63) is 48.9 Å². The molecule has 1 aromatic carbocycles. The summed E-state index contributed by atoms with van der Waals surface area (Å²) >= 11 is 0. The van der Waals surface area contributed by atoms with E-state index < -0.39 is 6.09 Å². The Kier molecular flexibility index (Phi) is 6.08. The number of nitrogens with one attached hydrogen (secondary N) is 2. The van der Waals surface area contributed by atoms with Crippen LogP contribution < -0.4 is 10.6 Å². The van der Waals surface area contributed by atoms with E-state index in [9.17, 15) is 10.1 Å². The standard InChI is InChI=1S/C22H23N7O2/c23-11-16(15-3-1-2-4-15)13-29-14-17(12-25-29)20-9-10-24-21(28-20)26-18-5-7-19(8-6-18)27-22(30)31/h5-10,12,14-16,27H,1-4,13H2,(H,30,31)(H,24,26,28). The Balaban J connectivity index is 1.43. The highest BCUT2D eigenvalue weighted by molar-refractivity contribution is 5.83. The Morgan fingerprint density at radius 2 is 1.97 bits per heavy atom. The zero-order valence-electron chi connectivity index (χ0n) is 16.9. The van der Waals surface area contributed by atoms with E-state index >= 15 is 0 Å². The summed E-state index contributed by atoms with van der Waals surface area (Å²) in [5.41, 5.74) is 2.79. The van der Waals surface area contributed by atoms with E-state index in [1.165, 1.54) is 12.8 Å². The molecule has 4 rings (SSSR count). The number of benzene rings is 1. The van der Waals surface area contributed by atoms with Gasteiger partial charge in [-0.3, -0.25) is 10.00 Å². The predicted octanol–water partition coefficient (Wildman–Crippen LogP) is 4.50. The molecule has 1 amide bonds. The summed E-state index contributed by atoms with van der Waals surface area (Å²) in [7, 11) is 0. The van der Waals surface area contributed by atoms with E-state index in [-0.39, 0.29) is 5.92 Å². The lowest BCUT2D eigenvalue weighted by Crippen LogP contribution is -2.17. The molecule has 3 N–H and O–H groups in total. The second kappa shape index (κ2) is 9.26. The lowest BCUT2D eigenvalue weighted by Gasteiger charge is -2.15. The molecule has 3 aromatic rings. The van der Waals surface area contributed by atoms with E-state index in [1.807, 2.05) is 16.9 Å². The van der Waals surface area contributed by atoms with Crippen molar-refractivity contribution in [1.29, 1.82) is 5.26 Å². The van der Waals surface area contributed by atoms with Crippen molar-refractivity contribution in [2.45, 2.75) is 32.2 Å². The zero-order chi connectivity index (χ0) is 21.6. The third-order valence-electron chi connectivity index (χ3n) is 5.50. The number of nitriles is 1. The Morgan fingerprint density at radius 3 is 2.68 bits per heavy atom. The van der Waals surface area contributed by atoms with Gasteiger partial charge in [-0.2, -0.15) is 10.4 Å². The van der Waals surface area contributed by atoms with Gasteiger partial charge >= 0.3 is 6.09 Å². The fraction of sp³-hybridized carbons (Fsp3) is 0.318. The summed E-state index contributed by atoms with van der Waals surface area (Å²) in [6, 6.07) is 11.1. The molecule has 9 heteroatoms. The molecule has 0 aliphatic heterocycles. The van der Waals surface area contributed by atoms with Gasteiger partial charge in [0.05, 0.1) is 30.4 Å². The number of anilines is 3. The number of carbonyl (C=O) groups is 1. The second-order valence-corrected chi connectivity index (χ2v) is 7.63. The first-order valence-electron chi connectivity index (χ1n) is 10.2. The monoisotopic (exact) mass is 417 g/mol. The summed E-state index contributed by atoms with van der Waals surface area (Å²) in [6.07, 6.45) is 8.90. The maximum atomic E-state index is 10.7. The van der Waals surface area contributed by atoms with Gasteiger partial charge in [0.1, 0.15) is 0 Å². The molecular formula is C22H23N7O2. The molecule has 0 saturated heterocycles. The van der Waals surface area contributed by atoms with Crippen LogP contribution in [0.2, 0.25) is 0 Å². The van der Waals surface area contributed by atoms with Crippen molar-refractivity contribution in [2.24, 2.45) is 11.8 Å². The lowest BCUT2D eigenvalue weighted by molar-refractivity contribution is 0.209. The normalized spacial score (nSPS) is 14.7. The number of amides is 1. The fourth-order valence-corrected chi connectivity index (χ4v) is 3.92. The molecule has 1 aliphatic rings. The summed E-state index contributed by atoms with van der Waals surface area (Å²) in [5.74, 6) is 0.867. The number of aromatic nitrogens is 4. The first-order chi connectivity index (χ1) is 15.1. The van der Waals surface area contributed by atoms with Gasteiger partial charge in [-0.25, -0.2) is 14.8 Å². The van der Waals surface area contributed by atoms with Crippen LogP contribution in [0.15, 0.2) is 48.9 Å². The van der Waals surface area contributed by atoms with Crippen LogP contribution in [-0.2, 0) is 6.54 Å². The molecule has 9 nitrogen and oxygen atoms in total. The fourth-order valence-electron chi connectivity index (χ4n) is 3.92. The quantitative estimate of drug-likeness (QED) is 0.516. The van der Waals surface area contributed by atoms with Crippen LogP contribution in [0.1, 0.15) is 25.7 Å². The topological polar surface area (TPSA) is 129 Å². The van der Waals surface area contributed by atoms with Crippen LogP contribution in [0.5, 0.6) is 0 Å². The molecule has 0 bridgehead atoms. The third kappa shape index (κ3) is 5.17. The van der Waals surface area contributed by atoms with Gasteiger partial charge in [0, 0.05) is 29.3 Å². The van der Waals surface area contributed by atoms with E-state index in [0.29, 0.717) is 24.1 Å². The summed E-state index contributed by atoms with van der Waals surface area (Å²) < 4.78 is 1.82. The van der Waals surface area contributed by atoms with Crippen LogP contribution in [0.4, 0.5) is 22.1 Å². The maximum absolute atomic E-state index is 10.7. The minimum absolute atomic E-state index is 0.0172. The summed E-state index contributed by atoms with van der Waals surface area (Å²) in [6.45, 7) is 0.591. The Bertz CT molecular complexity index is 1080. The Labute approximate surface area is 179 Å². The van der Waals surface area contributed by atoms with Gasteiger partial charge in [0.2, 0.25) is 5.95 Å². The average Bonchev–Trinajstić information content (AvgIpc) is 3.46. The van der Waals surface area contributed by atoms with Crippen molar-refractivity contribution < 1.29 is 9.90 Å². The largest absolute Gasteiger partial charge is 0.465 e. The molecule has 0 spiro atoms. The minimum atomic E-state index is -1.11. The molecule has 1 aliphatic carbocycles. The van der Waals surface area contributed by atoms with Gasteiger partial charge in [-0.15, -0.1) is 0 Å². The molecule has 2 heterocycles. The second-order valence-electron chi connectivity index (χ2n) is 7.63. The maximum Gasteiger partial charge on any atom is 0.409 e. The first kappa shape index (κ1) is 20.3. The molecule has 1 unspecified atom stereocenters. The van der Waals surface area contributed by atoms with E-state index in [0.717, 1.165) is 29.8 Å². The van der Waals surface area contributed by atoms with Gasteiger partial charge in [0.25, 0.3) is 0 Å². The number of rotatable bonds is 7. The molecule has 1 saturated carbocycles. The predicted molar refractivity (Wildman–Crippen MR) is 116 cm³/mol. The highest BCUT2D eigenvalue weighted by Gasteiger charge is 2.25. The molecule has 0 radical (unpaired) electrons. The molecule has 1 fully saturated rings. The van der Waals surface area contributed by atoms with Crippen molar-refractivity contribution >= 4 is 23.4 Å². The van der Waals surface area contributed by atoms with Gasteiger partial charge in [-0.05, 0) is 49.1 Å². The summed E-state index contributed by atoms with van der Waals surface area (Å²) in [4.78, 5) is 19.5. The van der Waals surface area contributed by atoms with E-state index in [1.54, 1.807) is 36.7 Å². The van der Waals surface area contributed by atoms with Crippen molar-refractivity contribution in [1.82, 2.24) is 19.7 Å². The van der Waals surface area contributed by atoms with E-state index in [2.05, 4.69) is 31.8 Å². The van der Waals surface area contributed by atoms with Crippen LogP contribution in [0.25, 0.3) is 11.3 Å². The molecular weight excluding hydrogens is 394 g/mol. The van der Waals surface area contributed by atoms with E-state index in [4.69, 9.17) is 5.11 Å². The van der Waals surface area contributed by atoms with Crippen LogP contribution in [0, 0.1) is 23.2 Å². The highest BCUT2D eigenvalue weighted by atomic mass is 16.4. The van der Waals surface area contributed by atoms with Crippen LogP contribution >= 0.6 is 0 Å². The van der Waals surface area contributed by atoms with Gasteiger partial charge in [0.15, 0.2) is 0 Å². The average molecular weight is 417 g/mol. The van der Waals surface area contributed by atoms with Gasteiger partial charge < -0.3 is 10.4 Å². The zero-order valence-corrected chi connectivity index (χ0v) is 16.9. The molecule has 158 valence electrons. The lowest BCUT2D eigenvalue weighted by atomic mass is 9.92. The number of nitrogens with zero attached hydrogens (tertiary/aromatic N) is 5. The highest BCUT2D eigenvalue weighted by Crippen LogP contribution is 2.32. The van der Waals surface area contributed by atoms with Crippen molar-refractivity contribution in [3.8, 4) is 17.3 Å². The number of carboxylic acid groups (broad SMARTS) is 1. The Hall–Kier alpha value is -3.93. The number of hydrogen-bond donors (Lipinski definition) is 3. The Morgan fingerprint density at radius 1 is 1.23 bits per heavy atom. The molecule has 1 atom stereocenters. The third-order valence-corrected chi connectivity index (χ3v) is 5.50.